The number of hydrogen-bond donors (Lipinski definition) is 1. The second-order valence-corrected chi connectivity index (χ2v) is 5.11. The van der Waals surface area contributed by atoms with Crippen molar-refractivity contribution in [1.29, 1.82) is 0 Å². The van der Waals surface area contributed by atoms with Gasteiger partial charge in [-0.1, -0.05) is 25.2 Å². The molecular formula is C16H19FO2. The van der Waals surface area contributed by atoms with E-state index in [1.165, 1.54) is 25.0 Å². The van der Waals surface area contributed by atoms with Crippen LogP contribution in [0.25, 0.3) is 0 Å². The fourth-order valence-corrected chi connectivity index (χ4v) is 2.50. The second kappa shape index (κ2) is 6.58. The SMILES string of the molecule is CC1CCCC(Oc2ccc(F)cc2C#CCO)C1. The fraction of sp³-hybridized carbons (Fsp3) is 0.500. The standard InChI is InChI=1S/C16H19FO2/c1-12-4-2-6-15(10-12)19-16-8-7-14(17)11-13(16)5-3-9-18/h7-8,11-12,15,18H,2,4,6,9-10H2,1H3. The third-order valence-corrected chi connectivity index (χ3v) is 3.43. The third kappa shape index (κ3) is 3.97. The Labute approximate surface area is 113 Å². The van der Waals surface area contributed by atoms with Gasteiger partial charge < -0.3 is 9.84 Å². The highest BCUT2D eigenvalue weighted by molar-refractivity contribution is 5.46. The van der Waals surface area contributed by atoms with Gasteiger partial charge in [0.25, 0.3) is 0 Å². The molecule has 1 fully saturated rings. The van der Waals surface area contributed by atoms with Crippen molar-refractivity contribution in [2.24, 2.45) is 5.92 Å². The lowest BCUT2D eigenvalue weighted by Crippen LogP contribution is -2.24. The van der Waals surface area contributed by atoms with Crippen molar-refractivity contribution in [2.75, 3.05) is 6.61 Å². The zero-order valence-electron chi connectivity index (χ0n) is 11.2. The molecule has 1 aliphatic carbocycles. The van der Waals surface area contributed by atoms with Gasteiger partial charge in [0.1, 0.15) is 18.2 Å². The van der Waals surface area contributed by atoms with Gasteiger partial charge in [-0.3, -0.25) is 0 Å². The molecule has 2 rings (SSSR count). The molecule has 0 bridgehead atoms. The van der Waals surface area contributed by atoms with E-state index in [4.69, 9.17) is 9.84 Å². The summed E-state index contributed by atoms with van der Waals surface area (Å²) in [7, 11) is 0. The van der Waals surface area contributed by atoms with E-state index in [2.05, 4.69) is 18.8 Å². The van der Waals surface area contributed by atoms with Crippen LogP contribution in [0, 0.1) is 23.6 Å². The van der Waals surface area contributed by atoms with E-state index in [9.17, 15) is 4.39 Å². The zero-order chi connectivity index (χ0) is 13.7. The molecule has 1 aliphatic rings. The van der Waals surface area contributed by atoms with Crippen LogP contribution in [0.4, 0.5) is 4.39 Å². The average Bonchev–Trinajstić information content (AvgIpc) is 2.39. The maximum atomic E-state index is 13.2. The summed E-state index contributed by atoms with van der Waals surface area (Å²) in [4.78, 5) is 0. The molecule has 1 saturated carbocycles. The molecule has 0 spiro atoms. The van der Waals surface area contributed by atoms with Crippen LogP contribution in [0.5, 0.6) is 5.75 Å². The highest BCUT2D eigenvalue weighted by atomic mass is 19.1. The van der Waals surface area contributed by atoms with Crippen LogP contribution in [0.2, 0.25) is 0 Å². The van der Waals surface area contributed by atoms with Crippen molar-refractivity contribution in [3.05, 3.63) is 29.6 Å². The highest BCUT2D eigenvalue weighted by Gasteiger charge is 2.21. The summed E-state index contributed by atoms with van der Waals surface area (Å²) >= 11 is 0. The van der Waals surface area contributed by atoms with E-state index in [1.54, 1.807) is 6.07 Å². The van der Waals surface area contributed by atoms with Crippen molar-refractivity contribution >= 4 is 0 Å². The van der Waals surface area contributed by atoms with E-state index in [1.807, 2.05) is 0 Å². The van der Waals surface area contributed by atoms with E-state index in [0.29, 0.717) is 17.2 Å². The molecule has 0 aromatic heterocycles. The summed E-state index contributed by atoms with van der Waals surface area (Å²) in [6, 6.07) is 4.35. The van der Waals surface area contributed by atoms with Gasteiger partial charge in [0.15, 0.2) is 0 Å². The first-order valence-corrected chi connectivity index (χ1v) is 6.75. The van der Waals surface area contributed by atoms with Gasteiger partial charge in [-0.05, 0) is 43.4 Å². The zero-order valence-corrected chi connectivity index (χ0v) is 11.2. The minimum atomic E-state index is -0.341. The Bertz CT molecular complexity index is 487. The Kier molecular flexibility index (Phi) is 4.81. The molecule has 1 aromatic rings. The molecule has 102 valence electrons. The van der Waals surface area contributed by atoms with E-state index < -0.39 is 0 Å². The first-order valence-electron chi connectivity index (χ1n) is 6.75. The van der Waals surface area contributed by atoms with E-state index >= 15 is 0 Å². The molecule has 2 nitrogen and oxygen atoms in total. The predicted octanol–water partition coefficient (Wildman–Crippen LogP) is 3.13. The molecular weight excluding hydrogens is 243 g/mol. The smallest absolute Gasteiger partial charge is 0.135 e. The van der Waals surface area contributed by atoms with Crippen LogP contribution in [0.1, 0.15) is 38.2 Å². The van der Waals surface area contributed by atoms with Crippen molar-refractivity contribution in [3.8, 4) is 17.6 Å². The normalized spacial score (nSPS) is 22.5. The number of ether oxygens (including phenoxy) is 1. The molecule has 0 saturated heterocycles. The summed E-state index contributed by atoms with van der Waals surface area (Å²) in [6.07, 6.45) is 4.67. The maximum absolute atomic E-state index is 13.2. The van der Waals surface area contributed by atoms with Gasteiger partial charge in [0.2, 0.25) is 0 Å². The minimum absolute atomic E-state index is 0.184. The minimum Gasteiger partial charge on any atom is -0.489 e. The Morgan fingerprint density at radius 1 is 1.42 bits per heavy atom. The number of hydrogen-bond acceptors (Lipinski definition) is 2. The number of halogens is 1. The van der Waals surface area contributed by atoms with Crippen LogP contribution < -0.4 is 4.74 Å². The second-order valence-electron chi connectivity index (χ2n) is 5.11. The van der Waals surface area contributed by atoms with Gasteiger partial charge in [-0.15, -0.1) is 0 Å². The summed E-state index contributed by atoms with van der Waals surface area (Å²) in [5.74, 6) is 6.22. The number of aliphatic hydroxyl groups is 1. The summed E-state index contributed by atoms with van der Waals surface area (Å²) in [6.45, 7) is 1.99. The lowest BCUT2D eigenvalue weighted by atomic mass is 9.88. The predicted molar refractivity (Wildman–Crippen MR) is 72.4 cm³/mol. The average molecular weight is 262 g/mol. The first kappa shape index (κ1) is 13.9. The lowest BCUT2D eigenvalue weighted by Gasteiger charge is -2.27. The summed E-state index contributed by atoms with van der Waals surface area (Å²) in [5.41, 5.74) is 0.507. The molecule has 3 heteroatoms. The summed E-state index contributed by atoms with van der Waals surface area (Å²) < 4.78 is 19.2. The Morgan fingerprint density at radius 3 is 3.00 bits per heavy atom. The molecule has 0 aliphatic heterocycles. The number of rotatable bonds is 2. The molecule has 2 unspecified atom stereocenters. The van der Waals surface area contributed by atoms with Gasteiger partial charge in [-0.25, -0.2) is 4.39 Å². The van der Waals surface area contributed by atoms with E-state index in [-0.39, 0.29) is 18.5 Å². The Balaban J connectivity index is 2.14. The lowest BCUT2D eigenvalue weighted by molar-refractivity contribution is 0.129. The van der Waals surface area contributed by atoms with Gasteiger partial charge in [0.05, 0.1) is 11.7 Å². The molecule has 0 heterocycles. The fourth-order valence-electron chi connectivity index (χ4n) is 2.50. The highest BCUT2D eigenvalue weighted by Crippen LogP contribution is 2.29. The Morgan fingerprint density at radius 2 is 2.26 bits per heavy atom. The van der Waals surface area contributed by atoms with Crippen molar-refractivity contribution in [1.82, 2.24) is 0 Å². The molecule has 0 amide bonds. The topological polar surface area (TPSA) is 29.5 Å². The van der Waals surface area contributed by atoms with Crippen LogP contribution in [-0.2, 0) is 0 Å². The molecule has 1 aromatic carbocycles. The molecule has 1 N–H and O–H groups in total. The largest absolute Gasteiger partial charge is 0.489 e. The van der Waals surface area contributed by atoms with Crippen LogP contribution in [0.3, 0.4) is 0 Å². The third-order valence-electron chi connectivity index (χ3n) is 3.43. The first-order chi connectivity index (χ1) is 9.19. The molecule has 19 heavy (non-hydrogen) atoms. The number of aliphatic hydroxyl groups excluding tert-OH is 1. The van der Waals surface area contributed by atoms with Crippen LogP contribution in [-0.4, -0.2) is 17.8 Å². The Hall–Kier alpha value is -1.53. The van der Waals surface area contributed by atoms with Crippen molar-refractivity contribution < 1.29 is 14.2 Å². The van der Waals surface area contributed by atoms with Gasteiger partial charge in [0, 0.05) is 0 Å². The van der Waals surface area contributed by atoms with E-state index in [0.717, 1.165) is 12.8 Å². The monoisotopic (exact) mass is 262 g/mol. The van der Waals surface area contributed by atoms with Crippen LogP contribution >= 0.6 is 0 Å². The maximum Gasteiger partial charge on any atom is 0.135 e. The van der Waals surface area contributed by atoms with Crippen molar-refractivity contribution in [3.63, 3.8) is 0 Å². The molecule has 2 atom stereocenters. The van der Waals surface area contributed by atoms with Crippen molar-refractivity contribution in [2.45, 2.75) is 38.7 Å². The molecule has 0 radical (unpaired) electrons. The van der Waals surface area contributed by atoms with Gasteiger partial charge in [-0.2, -0.15) is 0 Å². The number of benzene rings is 1. The quantitative estimate of drug-likeness (QED) is 0.830. The van der Waals surface area contributed by atoms with Gasteiger partial charge >= 0.3 is 0 Å². The van der Waals surface area contributed by atoms with Crippen LogP contribution in [0.15, 0.2) is 18.2 Å². The summed E-state index contributed by atoms with van der Waals surface area (Å²) in [5, 5.41) is 8.74.